The van der Waals surface area contributed by atoms with Crippen molar-refractivity contribution < 1.29 is 0 Å². The molecule has 1 saturated carbocycles. The Morgan fingerprint density at radius 1 is 1.29 bits per heavy atom. The predicted molar refractivity (Wildman–Crippen MR) is 73.3 cm³/mol. The van der Waals surface area contributed by atoms with Crippen LogP contribution in [0.15, 0.2) is 24.4 Å². The second-order valence-electron chi connectivity index (χ2n) is 4.75. The Balaban J connectivity index is 0.00000144. The monoisotopic (exact) mass is 255 g/mol. The lowest BCUT2D eigenvalue weighted by Gasteiger charge is -2.29. The summed E-state index contributed by atoms with van der Waals surface area (Å²) < 4.78 is 0. The molecule has 1 aliphatic rings. The molecule has 0 spiro atoms. The largest absolute Gasteiger partial charge is 0.328 e. The number of nitrogens with two attached hydrogens (primary N) is 1. The number of aromatic nitrogens is 1. The third-order valence-electron chi connectivity index (χ3n) is 3.39. The van der Waals surface area contributed by atoms with Gasteiger partial charge in [-0.2, -0.15) is 0 Å². The van der Waals surface area contributed by atoms with Gasteiger partial charge in [-0.3, -0.25) is 4.98 Å². The molecule has 1 aromatic rings. The number of hydrogen-bond acceptors (Lipinski definition) is 3. The number of nitrogens with zero attached hydrogens (tertiary/aromatic N) is 1. The third-order valence-corrected chi connectivity index (χ3v) is 3.39. The summed E-state index contributed by atoms with van der Waals surface area (Å²) in [4.78, 5) is 4.37. The van der Waals surface area contributed by atoms with Crippen molar-refractivity contribution in [1.82, 2.24) is 10.3 Å². The molecule has 96 valence electrons. The molecule has 0 aliphatic heterocycles. The highest BCUT2D eigenvalue weighted by molar-refractivity contribution is 5.85. The Hall–Kier alpha value is -0.640. The molecule has 1 heterocycles. The van der Waals surface area contributed by atoms with Crippen LogP contribution < -0.4 is 11.1 Å². The zero-order valence-electron chi connectivity index (χ0n) is 10.3. The number of rotatable bonds is 3. The summed E-state index contributed by atoms with van der Waals surface area (Å²) >= 11 is 0. The maximum absolute atomic E-state index is 5.90. The van der Waals surface area contributed by atoms with E-state index in [1.54, 1.807) is 0 Å². The van der Waals surface area contributed by atoms with E-state index in [-0.39, 0.29) is 12.4 Å². The van der Waals surface area contributed by atoms with Gasteiger partial charge in [0, 0.05) is 24.3 Å². The second-order valence-corrected chi connectivity index (χ2v) is 4.75. The maximum Gasteiger partial charge on any atom is 0.0570 e. The van der Waals surface area contributed by atoms with Gasteiger partial charge in [-0.05, 0) is 44.7 Å². The van der Waals surface area contributed by atoms with Crippen molar-refractivity contribution in [2.45, 2.75) is 50.7 Å². The molecule has 1 fully saturated rings. The van der Waals surface area contributed by atoms with E-state index in [4.69, 9.17) is 5.73 Å². The van der Waals surface area contributed by atoms with Gasteiger partial charge in [0.1, 0.15) is 0 Å². The van der Waals surface area contributed by atoms with Crippen molar-refractivity contribution in [3.05, 3.63) is 30.1 Å². The van der Waals surface area contributed by atoms with Crippen molar-refractivity contribution in [3.8, 4) is 0 Å². The second kappa shape index (κ2) is 6.94. The van der Waals surface area contributed by atoms with Crippen LogP contribution >= 0.6 is 12.4 Å². The van der Waals surface area contributed by atoms with Gasteiger partial charge < -0.3 is 11.1 Å². The molecule has 1 aliphatic carbocycles. The molecule has 1 unspecified atom stereocenters. The molecule has 1 atom stereocenters. The molecule has 0 aromatic carbocycles. The average Bonchev–Trinajstić information content (AvgIpc) is 2.33. The van der Waals surface area contributed by atoms with E-state index in [1.807, 2.05) is 18.3 Å². The summed E-state index contributed by atoms with van der Waals surface area (Å²) in [7, 11) is 0. The molecule has 0 bridgehead atoms. The van der Waals surface area contributed by atoms with Gasteiger partial charge in [-0.1, -0.05) is 6.07 Å². The molecule has 3 nitrogen and oxygen atoms in total. The van der Waals surface area contributed by atoms with Crippen molar-refractivity contribution in [2.75, 3.05) is 0 Å². The van der Waals surface area contributed by atoms with Crippen LogP contribution in [0, 0.1) is 0 Å². The molecule has 17 heavy (non-hydrogen) atoms. The zero-order valence-corrected chi connectivity index (χ0v) is 11.1. The van der Waals surface area contributed by atoms with Crippen molar-refractivity contribution in [1.29, 1.82) is 0 Å². The standard InChI is InChI=1S/C13H21N3.ClH/c1-10(13-4-2-3-9-15-13)16-12-7-5-11(14)6-8-12;/h2-4,9-12,16H,5-8,14H2,1H3;1H. The van der Waals surface area contributed by atoms with Gasteiger partial charge in [0.15, 0.2) is 0 Å². The van der Waals surface area contributed by atoms with Crippen LogP contribution in [0.1, 0.15) is 44.3 Å². The molecule has 0 radical (unpaired) electrons. The Morgan fingerprint density at radius 3 is 2.59 bits per heavy atom. The van der Waals surface area contributed by atoms with Gasteiger partial charge in [-0.25, -0.2) is 0 Å². The van der Waals surface area contributed by atoms with Crippen LogP contribution in [-0.2, 0) is 0 Å². The molecule has 3 N–H and O–H groups in total. The van der Waals surface area contributed by atoms with Crippen molar-refractivity contribution >= 4 is 12.4 Å². The summed E-state index contributed by atoms with van der Waals surface area (Å²) in [5.41, 5.74) is 7.02. The van der Waals surface area contributed by atoms with Gasteiger partial charge in [-0.15, -0.1) is 12.4 Å². The first-order valence-electron chi connectivity index (χ1n) is 6.18. The summed E-state index contributed by atoms with van der Waals surface area (Å²) in [6, 6.07) is 7.43. The smallest absolute Gasteiger partial charge is 0.0570 e. The van der Waals surface area contributed by atoms with Gasteiger partial charge in [0.25, 0.3) is 0 Å². The van der Waals surface area contributed by atoms with Gasteiger partial charge >= 0.3 is 0 Å². The fourth-order valence-electron chi connectivity index (χ4n) is 2.36. The van der Waals surface area contributed by atoms with E-state index >= 15 is 0 Å². The van der Waals surface area contributed by atoms with E-state index in [2.05, 4.69) is 23.3 Å². The zero-order chi connectivity index (χ0) is 11.4. The lowest BCUT2D eigenvalue weighted by molar-refractivity contribution is 0.320. The molecule has 4 heteroatoms. The molecular formula is C13H22ClN3. The number of nitrogens with one attached hydrogen (secondary N) is 1. The molecule has 2 rings (SSSR count). The number of pyridine rings is 1. The first-order valence-corrected chi connectivity index (χ1v) is 6.18. The number of halogens is 1. The van der Waals surface area contributed by atoms with E-state index in [0.29, 0.717) is 18.1 Å². The van der Waals surface area contributed by atoms with Crippen molar-refractivity contribution in [3.63, 3.8) is 0 Å². The Kier molecular flexibility index (Phi) is 5.89. The molecule has 0 saturated heterocycles. The lowest BCUT2D eigenvalue weighted by Crippen LogP contribution is -2.38. The van der Waals surface area contributed by atoms with Crippen molar-refractivity contribution in [2.24, 2.45) is 5.73 Å². The number of hydrogen-bond donors (Lipinski definition) is 2. The van der Waals surface area contributed by atoms with E-state index in [9.17, 15) is 0 Å². The van der Waals surface area contributed by atoms with Crippen LogP contribution in [-0.4, -0.2) is 17.1 Å². The van der Waals surface area contributed by atoms with E-state index in [0.717, 1.165) is 18.5 Å². The van der Waals surface area contributed by atoms with Crippen LogP contribution in [0.3, 0.4) is 0 Å². The summed E-state index contributed by atoms with van der Waals surface area (Å²) in [5.74, 6) is 0. The molecule has 0 amide bonds. The fraction of sp³-hybridized carbons (Fsp3) is 0.615. The van der Waals surface area contributed by atoms with Crippen LogP contribution in [0.4, 0.5) is 0 Å². The van der Waals surface area contributed by atoms with Gasteiger partial charge in [0.05, 0.1) is 5.69 Å². The molecule has 1 aromatic heterocycles. The first kappa shape index (κ1) is 14.4. The highest BCUT2D eigenvalue weighted by Gasteiger charge is 2.20. The average molecular weight is 256 g/mol. The Morgan fingerprint density at radius 2 is 2.00 bits per heavy atom. The normalized spacial score (nSPS) is 26.0. The topological polar surface area (TPSA) is 50.9 Å². The summed E-state index contributed by atoms with van der Waals surface area (Å²) in [6.07, 6.45) is 6.53. The van der Waals surface area contributed by atoms with Crippen LogP contribution in [0.25, 0.3) is 0 Å². The van der Waals surface area contributed by atoms with Gasteiger partial charge in [0.2, 0.25) is 0 Å². The Bertz CT molecular complexity index is 310. The minimum Gasteiger partial charge on any atom is -0.328 e. The minimum absolute atomic E-state index is 0. The fourth-order valence-corrected chi connectivity index (χ4v) is 2.36. The highest BCUT2D eigenvalue weighted by Crippen LogP contribution is 2.20. The Labute approximate surface area is 110 Å². The van der Waals surface area contributed by atoms with Crippen LogP contribution in [0.5, 0.6) is 0 Å². The predicted octanol–water partition coefficient (Wildman–Crippen LogP) is 2.42. The quantitative estimate of drug-likeness (QED) is 0.872. The van der Waals surface area contributed by atoms with Crippen LogP contribution in [0.2, 0.25) is 0 Å². The van der Waals surface area contributed by atoms with E-state index < -0.39 is 0 Å². The summed E-state index contributed by atoms with van der Waals surface area (Å²) in [5, 5.41) is 3.64. The first-order chi connectivity index (χ1) is 7.75. The SMILES string of the molecule is CC(NC1CCC(N)CC1)c1ccccn1.Cl. The highest BCUT2D eigenvalue weighted by atomic mass is 35.5. The minimum atomic E-state index is 0. The third kappa shape index (κ3) is 4.26. The maximum atomic E-state index is 5.90. The summed E-state index contributed by atoms with van der Waals surface area (Å²) in [6.45, 7) is 2.18. The van der Waals surface area contributed by atoms with E-state index in [1.165, 1.54) is 12.8 Å². The lowest BCUT2D eigenvalue weighted by atomic mass is 9.91. The molecular weight excluding hydrogens is 234 g/mol.